The van der Waals surface area contributed by atoms with Crippen LogP contribution in [0.15, 0.2) is 132 Å². The van der Waals surface area contributed by atoms with E-state index < -0.39 is 24.1 Å². The van der Waals surface area contributed by atoms with Crippen molar-refractivity contribution in [3.8, 4) is 22.5 Å². The van der Waals surface area contributed by atoms with Crippen LogP contribution in [-0.2, 0) is 0 Å². The fourth-order valence-corrected chi connectivity index (χ4v) is 9.60. The number of fused-ring (bicyclic) bond motifs is 3. The molecule has 7 N–H and O–H groups in total. The largest absolute Gasteiger partial charge is 0.488 e. The van der Waals surface area contributed by atoms with Crippen molar-refractivity contribution in [3.05, 3.63) is 160 Å². The molecule has 11 rings (SSSR count). The normalized spacial score (nSPS) is 17.5. The third kappa shape index (κ3) is 16.0. The number of anilines is 1. The smallest absolute Gasteiger partial charge is 0.423 e. The summed E-state index contributed by atoms with van der Waals surface area (Å²) in [6, 6.07) is 29.4. The van der Waals surface area contributed by atoms with Gasteiger partial charge in [0.1, 0.15) is 38.2 Å². The Kier molecular flexibility index (Phi) is 19.7. The zero-order chi connectivity index (χ0) is 54.7. The molecule has 9 aromatic rings. The van der Waals surface area contributed by atoms with Crippen molar-refractivity contribution in [2.24, 2.45) is 17.6 Å². The van der Waals surface area contributed by atoms with E-state index in [9.17, 15) is 23.4 Å². The molecular weight excluding hydrogens is 1090 g/mol. The molecule has 76 heavy (non-hydrogen) atoms. The summed E-state index contributed by atoms with van der Waals surface area (Å²) in [5.74, 6) is 0.553. The van der Waals surface area contributed by atoms with Crippen molar-refractivity contribution in [2.45, 2.75) is 102 Å². The maximum Gasteiger partial charge on any atom is 0.488 e. The van der Waals surface area contributed by atoms with Crippen LogP contribution < -0.4 is 16.5 Å². The van der Waals surface area contributed by atoms with E-state index in [0.717, 1.165) is 90.4 Å². The van der Waals surface area contributed by atoms with Gasteiger partial charge < -0.3 is 31.3 Å². The summed E-state index contributed by atoms with van der Waals surface area (Å²) in [6.45, 7) is 7.59. The molecule has 6 aromatic heterocycles. The summed E-state index contributed by atoms with van der Waals surface area (Å²) in [4.78, 5) is 12.6. The predicted molar refractivity (Wildman–Crippen MR) is 296 cm³/mol. The van der Waals surface area contributed by atoms with Gasteiger partial charge in [-0.15, -0.1) is 5.10 Å². The molecule has 22 heteroatoms. The minimum Gasteiger partial charge on any atom is -0.423 e. The number of aromatic nitrogens is 9. The molecule has 0 spiro atoms. The number of aliphatic hydroxyl groups is 2. The Labute approximate surface area is 457 Å². The van der Waals surface area contributed by atoms with Gasteiger partial charge in [-0.3, -0.25) is 0 Å². The maximum absolute atomic E-state index is 13.6. The predicted octanol–water partition coefficient (Wildman–Crippen LogP) is 10.4. The van der Waals surface area contributed by atoms with Crippen molar-refractivity contribution in [1.29, 1.82) is 0 Å². The first kappa shape index (κ1) is 57.7. The van der Waals surface area contributed by atoms with Crippen LogP contribution in [0.3, 0.4) is 0 Å². The number of nitrogens with one attached hydrogen (secondary N) is 1. The maximum atomic E-state index is 13.6. The minimum absolute atomic E-state index is 0.167. The number of halogens is 6. The highest BCUT2D eigenvalue weighted by molar-refractivity contribution is 9.10. The second-order valence-corrected chi connectivity index (χ2v) is 21.4. The molecule has 0 bridgehead atoms. The SMILES string of the molecule is CC(C)(O)C1CCC(N)CC1.CC(C)(O)C1CCC(Nc2ccc3ncc(-c4cccc(F)c4)n3n2)CC1.Clc1ccc2ncc(Br)n2n1.Fc1cccc(-c2cnc3ccc(Cl)nn23)c1.OB(O)c1cccc(F)c1. The Morgan fingerprint density at radius 1 is 0.579 bits per heavy atom. The number of benzene rings is 3. The van der Waals surface area contributed by atoms with Crippen molar-refractivity contribution in [3.63, 3.8) is 0 Å². The third-order valence-electron chi connectivity index (χ3n) is 13.2. The molecule has 2 fully saturated rings. The van der Waals surface area contributed by atoms with Crippen LogP contribution >= 0.6 is 39.1 Å². The molecule has 2 aliphatic carbocycles. The van der Waals surface area contributed by atoms with Crippen LogP contribution in [-0.4, -0.2) is 94.5 Å². The van der Waals surface area contributed by atoms with Gasteiger partial charge in [-0.2, -0.15) is 10.2 Å². The Hall–Kier alpha value is -5.97. The molecule has 0 unspecified atom stereocenters. The number of rotatable bonds is 7. The van der Waals surface area contributed by atoms with E-state index in [1.807, 2.05) is 45.9 Å². The van der Waals surface area contributed by atoms with Crippen LogP contribution in [0.5, 0.6) is 0 Å². The Morgan fingerprint density at radius 3 is 1.49 bits per heavy atom. The Morgan fingerprint density at radius 2 is 1.01 bits per heavy atom. The lowest BCUT2D eigenvalue weighted by Gasteiger charge is -2.36. The van der Waals surface area contributed by atoms with Crippen LogP contribution in [0.2, 0.25) is 10.3 Å². The Balaban J connectivity index is 0.000000148. The molecular formula is C54H60BBrCl2F3N11O4. The molecule has 2 aliphatic rings. The van der Waals surface area contributed by atoms with Crippen LogP contribution in [0.4, 0.5) is 19.0 Å². The van der Waals surface area contributed by atoms with Crippen LogP contribution in [0.1, 0.15) is 79.1 Å². The van der Waals surface area contributed by atoms with E-state index >= 15 is 0 Å². The molecule has 3 aromatic carbocycles. The molecule has 6 heterocycles. The summed E-state index contributed by atoms with van der Waals surface area (Å²) in [7, 11) is -1.59. The molecule has 0 aliphatic heterocycles. The molecule has 0 saturated heterocycles. The highest BCUT2D eigenvalue weighted by Crippen LogP contribution is 2.34. The lowest BCUT2D eigenvalue weighted by atomic mass is 9.77. The highest BCUT2D eigenvalue weighted by atomic mass is 79.9. The lowest BCUT2D eigenvalue weighted by Crippen LogP contribution is -2.37. The van der Waals surface area contributed by atoms with Crippen molar-refractivity contribution in [2.75, 3.05) is 5.32 Å². The average Bonchev–Trinajstić information content (AvgIpc) is 4.11. The van der Waals surface area contributed by atoms with Gasteiger partial charge in [-0.05, 0) is 185 Å². The standard InChI is InChI=1S/C21H25FN4O.C12H7ClFN3.C9H19NO.C6H6BFO2.C6H3BrClN3/c1-21(2,27)15-6-8-17(9-7-15)24-19-10-11-20-23-13-18(26(20)25-19)14-4-3-5-16(22)12-14;13-11-4-5-12-15-7-10(17(12)16-11)8-2-1-3-9(14)6-8;1-9(2,11)7-3-5-8(10)6-4-7;8-6-3-1-2-5(4-6)7(9)10;7-4-3-9-6-2-1-5(8)10-11(4)6/h3-5,10-13,15,17,27H,6-9H2,1-2H3,(H,24,25);1-7H;7-8,11H,3-6,10H2,1-2H3;1-4,9-10H;1-3H. The molecule has 0 amide bonds. The summed E-state index contributed by atoms with van der Waals surface area (Å²) < 4.78 is 44.8. The van der Waals surface area contributed by atoms with Gasteiger partial charge in [0.15, 0.2) is 16.9 Å². The molecule has 400 valence electrons. The quantitative estimate of drug-likeness (QED) is 0.0824. The van der Waals surface area contributed by atoms with Crippen molar-refractivity contribution in [1.82, 2.24) is 43.8 Å². The zero-order valence-corrected chi connectivity index (χ0v) is 45.4. The van der Waals surface area contributed by atoms with Crippen LogP contribution in [0.25, 0.3) is 39.5 Å². The molecule has 0 atom stereocenters. The minimum atomic E-state index is -1.59. The van der Waals surface area contributed by atoms with E-state index in [1.54, 1.807) is 74.6 Å². The van der Waals surface area contributed by atoms with Gasteiger partial charge in [-0.1, -0.05) is 59.6 Å². The highest BCUT2D eigenvalue weighted by Gasteiger charge is 2.32. The molecule has 0 radical (unpaired) electrons. The number of nitrogens with two attached hydrogens (primary N) is 1. The number of nitrogens with zero attached hydrogens (tertiary/aromatic N) is 9. The summed E-state index contributed by atoms with van der Waals surface area (Å²) in [5.41, 5.74) is 9.93. The number of imidazole rings is 3. The fourth-order valence-electron chi connectivity index (χ4n) is 8.96. The lowest BCUT2D eigenvalue weighted by molar-refractivity contribution is -0.00138. The fraction of sp³-hybridized carbons (Fsp3) is 0.333. The van der Waals surface area contributed by atoms with Gasteiger partial charge >= 0.3 is 7.12 Å². The molecule has 15 nitrogen and oxygen atoms in total. The average molecular weight is 1150 g/mol. The van der Waals surface area contributed by atoms with Gasteiger partial charge in [0.2, 0.25) is 0 Å². The van der Waals surface area contributed by atoms with E-state index in [0.29, 0.717) is 51.1 Å². The summed E-state index contributed by atoms with van der Waals surface area (Å²) in [6.07, 6.45) is 13.4. The topological polar surface area (TPSA) is 210 Å². The van der Waals surface area contributed by atoms with Gasteiger partial charge in [-0.25, -0.2) is 41.7 Å². The van der Waals surface area contributed by atoms with E-state index in [4.69, 9.17) is 39.0 Å². The third-order valence-corrected chi connectivity index (χ3v) is 14.2. The first-order valence-electron chi connectivity index (χ1n) is 24.7. The second kappa shape index (κ2) is 25.9. The van der Waals surface area contributed by atoms with Crippen molar-refractivity contribution < 1.29 is 33.4 Å². The zero-order valence-electron chi connectivity index (χ0n) is 42.3. The van der Waals surface area contributed by atoms with E-state index in [1.165, 1.54) is 42.5 Å². The van der Waals surface area contributed by atoms with Crippen molar-refractivity contribution >= 4 is 74.5 Å². The number of hydrogen-bond acceptors (Lipinski definition) is 12. The first-order valence-corrected chi connectivity index (χ1v) is 26.3. The van der Waals surface area contributed by atoms with Gasteiger partial charge in [0, 0.05) is 23.2 Å². The van der Waals surface area contributed by atoms with Gasteiger partial charge in [0.25, 0.3) is 0 Å². The summed E-state index contributed by atoms with van der Waals surface area (Å²) in [5, 5.41) is 54.1. The molecule has 2 saturated carbocycles. The Bertz CT molecular complexity index is 3320. The van der Waals surface area contributed by atoms with Gasteiger partial charge in [0.05, 0.1) is 41.2 Å². The summed E-state index contributed by atoms with van der Waals surface area (Å²) >= 11 is 14.8. The number of hydrogen-bond donors (Lipinski definition) is 6. The second-order valence-electron chi connectivity index (χ2n) is 19.8. The van der Waals surface area contributed by atoms with Crippen LogP contribution in [0, 0.1) is 29.3 Å². The van der Waals surface area contributed by atoms with E-state index in [-0.39, 0.29) is 17.1 Å². The van der Waals surface area contributed by atoms with E-state index in [2.05, 4.69) is 51.5 Å². The monoisotopic (exact) mass is 1140 g/mol. The first-order chi connectivity index (χ1) is 36.1.